The van der Waals surface area contributed by atoms with Gasteiger partial charge in [0.15, 0.2) is 0 Å². The van der Waals surface area contributed by atoms with E-state index in [2.05, 4.69) is 35.1 Å². The summed E-state index contributed by atoms with van der Waals surface area (Å²) >= 11 is 1.71. The third-order valence-corrected chi connectivity index (χ3v) is 6.27. The standard InChI is InChI=1S/C21H27N3O2S/c1-14-11-19(15(2)24(14)17-5-4-6-18(12-17)27-3)20(25)13-23-9-7-16(8-10-23)21(22)26/h4-6,11-12,16H,7-10,13H2,1-3H3,(H2,22,26)/p+1. The highest BCUT2D eigenvalue weighted by Gasteiger charge is 2.28. The Kier molecular flexibility index (Phi) is 6.07. The van der Waals surface area contributed by atoms with Crippen molar-refractivity contribution in [1.29, 1.82) is 0 Å². The maximum Gasteiger partial charge on any atom is 0.220 e. The fraction of sp³-hybridized carbons (Fsp3) is 0.429. The summed E-state index contributed by atoms with van der Waals surface area (Å²) in [5.41, 5.74) is 9.34. The number of rotatable bonds is 6. The Morgan fingerprint density at radius 3 is 2.56 bits per heavy atom. The van der Waals surface area contributed by atoms with Crippen LogP contribution in [0.5, 0.6) is 0 Å². The minimum atomic E-state index is -0.212. The van der Waals surface area contributed by atoms with Crippen LogP contribution < -0.4 is 10.6 Å². The van der Waals surface area contributed by atoms with Gasteiger partial charge in [-0.25, -0.2) is 0 Å². The van der Waals surface area contributed by atoms with Crippen molar-refractivity contribution in [2.75, 3.05) is 25.9 Å². The number of likely N-dealkylation sites (tertiary alicyclic amines) is 1. The molecule has 0 saturated carbocycles. The van der Waals surface area contributed by atoms with Crippen LogP contribution in [0.1, 0.15) is 34.6 Å². The Hall–Kier alpha value is -2.05. The summed E-state index contributed by atoms with van der Waals surface area (Å²) in [7, 11) is 0. The van der Waals surface area contributed by atoms with Crippen LogP contribution in [0.2, 0.25) is 0 Å². The molecule has 0 radical (unpaired) electrons. The molecule has 2 heterocycles. The number of benzene rings is 1. The monoisotopic (exact) mass is 386 g/mol. The lowest BCUT2D eigenvalue weighted by Gasteiger charge is -2.27. The van der Waals surface area contributed by atoms with E-state index in [-0.39, 0.29) is 17.6 Å². The molecule has 2 aromatic rings. The molecule has 27 heavy (non-hydrogen) atoms. The summed E-state index contributed by atoms with van der Waals surface area (Å²) in [4.78, 5) is 26.7. The van der Waals surface area contributed by atoms with E-state index in [4.69, 9.17) is 5.73 Å². The van der Waals surface area contributed by atoms with Crippen LogP contribution in [0.25, 0.3) is 5.69 Å². The second-order valence-electron chi connectivity index (χ2n) is 7.35. The second-order valence-corrected chi connectivity index (χ2v) is 8.23. The zero-order chi connectivity index (χ0) is 19.6. The van der Waals surface area contributed by atoms with Gasteiger partial charge < -0.3 is 15.2 Å². The SMILES string of the molecule is CSc1cccc(-n2c(C)cc(C(=O)C[NH+]3CCC(C(N)=O)CC3)c2C)c1. The Morgan fingerprint density at radius 1 is 1.22 bits per heavy atom. The van der Waals surface area contributed by atoms with Gasteiger partial charge in [-0.05, 0) is 44.4 Å². The van der Waals surface area contributed by atoms with Gasteiger partial charge in [0.05, 0.1) is 13.1 Å². The molecular weight excluding hydrogens is 358 g/mol. The maximum absolute atomic E-state index is 12.9. The molecule has 3 rings (SSSR count). The maximum atomic E-state index is 12.9. The topological polar surface area (TPSA) is 69.5 Å². The number of hydrogen-bond donors (Lipinski definition) is 2. The zero-order valence-electron chi connectivity index (χ0n) is 16.2. The number of ketones is 1. The molecule has 6 heteroatoms. The lowest BCUT2D eigenvalue weighted by atomic mass is 9.96. The molecule has 1 aromatic carbocycles. The first-order valence-electron chi connectivity index (χ1n) is 9.40. The number of thioether (sulfide) groups is 1. The summed E-state index contributed by atoms with van der Waals surface area (Å²) in [6, 6.07) is 10.4. The molecule has 5 nitrogen and oxygen atoms in total. The predicted molar refractivity (Wildman–Crippen MR) is 109 cm³/mol. The van der Waals surface area contributed by atoms with Crippen molar-refractivity contribution in [3.8, 4) is 5.69 Å². The Labute approximate surface area is 164 Å². The van der Waals surface area contributed by atoms with Crippen LogP contribution in [-0.4, -0.2) is 42.1 Å². The highest BCUT2D eigenvalue weighted by molar-refractivity contribution is 7.98. The molecule has 1 aliphatic heterocycles. The quantitative estimate of drug-likeness (QED) is 0.587. The molecule has 0 bridgehead atoms. The van der Waals surface area contributed by atoms with E-state index < -0.39 is 0 Å². The number of nitrogens with zero attached hydrogens (tertiary/aromatic N) is 1. The van der Waals surface area contributed by atoms with Crippen molar-refractivity contribution in [3.05, 3.63) is 47.3 Å². The number of aryl methyl sites for hydroxylation is 1. The van der Waals surface area contributed by atoms with E-state index in [0.717, 1.165) is 48.6 Å². The number of nitrogens with one attached hydrogen (secondary N) is 1. The predicted octanol–water partition coefficient (Wildman–Crippen LogP) is 1.78. The number of amides is 1. The molecule has 1 fully saturated rings. The van der Waals surface area contributed by atoms with Crippen molar-refractivity contribution in [1.82, 2.24) is 4.57 Å². The van der Waals surface area contributed by atoms with Gasteiger partial charge in [-0.15, -0.1) is 11.8 Å². The molecule has 0 atom stereocenters. The highest BCUT2D eigenvalue weighted by atomic mass is 32.2. The molecule has 0 aliphatic carbocycles. The molecule has 1 aromatic heterocycles. The summed E-state index contributed by atoms with van der Waals surface area (Å²) in [5.74, 6) is -0.0723. The minimum absolute atomic E-state index is 0.0300. The van der Waals surface area contributed by atoms with E-state index in [0.29, 0.717) is 6.54 Å². The first kappa shape index (κ1) is 19.7. The number of piperidine rings is 1. The van der Waals surface area contributed by atoms with E-state index in [1.165, 1.54) is 9.80 Å². The summed E-state index contributed by atoms with van der Waals surface area (Å²) < 4.78 is 2.15. The summed E-state index contributed by atoms with van der Waals surface area (Å²) in [6.07, 6.45) is 3.62. The highest BCUT2D eigenvalue weighted by Crippen LogP contribution is 2.24. The summed E-state index contributed by atoms with van der Waals surface area (Å²) in [6.45, 7) is 6.18. The van der Waals surface area contributed by atoms with Gasteiger partial charge in [0.25, 0.3) is 0 Å². The number of aromatic nitrogens is 1. The van der Waals surface area contributed by atoms with Crippen LogP contribution in [0, 0.1) is 19.8 Å². The fourth-order valence-electron chi connectivity index (χ4n) is 4.00. The van der Waals surface area contributed by atoms with Crippen molar-refractivity contribution >= 4 is 23.5 Å². The van der Waals surface area contributed by atoms with Crippen LogP contribution >= 0.6 is 11.8 Å². The number of nitrogens with two attached hydrogens (primary N) is 1. The number of Topliss-reactive ketones (excluding diaryl/α,β-unsaturated/α-hetero) is 1. The van der Waals surface area contributed by atoms with Crippen LogP contribution in [-0.2, 0) is 4.79 Å². The first-order chi connectivity index (χ1) is 12.9. The van der Waals surface area contributed by atoms with E-state index >= 15 is 0 Å². The van der Waals surface area contributed by atoms with Gasteiger partial charge in [-0.3, -0.25) is 9.59 Å². The summed E-state index contributed by atoms with van der Waals surface area (Å²) in [5, 5.41) is 0. The number of primary amides is 1. The van der Waals surface area contributed by atoms with Gasteiger partial charge in [0.1, 0.15) is 6.54 Å². The lowest BCUT2D eigenvalue weighted by Crippen LogP contribution is -3.14. The van der Waals surface area contributed by atoms with Crippen LogP contribution in [0.15, 0.2) is 35.2 Å². The van der Waals surface area contributed by atoms with Gasteiger partial charge in [0.2, 0.25) is 11.7 Å². The van der Waals surface area contributed by atoms with Crippen molar-refractivity contribution < 1.29 is 14.5 Å². The van der Waals surface area contributed by atoms with Crippen molar-refractivity contribution in [2.24, 2.45) is 11.7 Å². The Bertz CT molecular complexity index is 851. The van der Waals surface area contributed by atoms with E-state index in [9.17, 15) is 9.59 Å². The van der Waals surface area contributed by atoms with E-state index in [1.54, 1.807) is 11.8 Å². The number of quaternary nitrogens is 1. The molecule has 1 aliphatic rings. The second kappa shape index (κ2) is 8.31. The van der Waals surface area contributed by atoms with E-state index in [1.807, 2.05) is 19.9 Å². The molecule has 1 saturated heterocycles. The minimum Gasteiger partial charge on any atom is -0.369 e. The van der Waals surface area contributed by atoms with Crippen LogP contribution in [0.3, 0.4) is 0 Å². The normalized spacial score (nSPS) is 19.8. The van der Waals surface area contributed by atoms with Crippen LogP contribution in [0.4, 0.5) is 0 Å². The lowest BCUT2D eigenvalue weighted by molar-refractivity contribution is -0.897. The number of carbonyl (C=O) groups is 2. The average molecular weight is 387 g/mol. The smallest absolute Gasteiger partial charge is 0.220 e. The van der Waals surface area contributed by atoms with Crippen molar-refractivity contribution in [3.63, 3.8) is 0 Å². The van der Waals surface area contributed by atoms with Gasteiger partial charge >= 0.3 is 0 Å². The zero-order valence-corrected chi connectivity index (χ0v) is 17.1. The molecule has 0 unspecified atom stereocenters. The molecule has 1 amide bonds. The number of hydrogen-bond acceptors (Lipinski definition) is 3. The Balaban J connectivity index is 1.76. The average Bonchev–Trinajstić information content (AvgIpc) is 2.96. The van der Waals surface area contributed by atoms with Crippen molar-refractivity contribution in [2.45, 2.75) is 31.6 Å². The van der Waals surface area contributed by atoms with Gasteiger partial charge in [-0.2, -0.15) is 0 Å². The third-order valence-electron chi connectivity index (χ3n) is 5.55. The van der Waals surface area contributed by atoms with Gasteiger partial charge in [-0.1, -0.05) is 6.07 Å². The van der Waals surface area contributed by atoms with Gasteiger partial charge in [0, 0.05) is 46.3 Å². The molecular formula is C21H28N3O2S+. The fourth-order valence-corrected chi connectivity index (χ4v) is 4.45. The first-order valence-corrected chi connectivity index (χ1v) is 10.6. The third kappa shape index (κ3) is 4.28. The number of carbonyl (C=O) groups excluding carboxylic acids is 2. The molecule has 0 spiro atoms. The largest absolute Gasteiger partial charge is 0.369 e. The molecule has 144 valence electrons. The molecule has 3 N–H and O–H groups in total. The Morgan fingerprint density at radius 2 is 1.93 bits per heavy atom.